The molecule has 2 N–H and O–H groups in total. The summed E-state index contributed by atoms with van der Waals surface area (Å²) in [6, 6.07) is 5.57. The smallest absolute Gasteiger partial charge is 0.221 e. The predicted octanol–water partition coefficient (Wildman–Crippen LogP) is 2.48. The first-order valence-corrected chi connectivity index (χ1v) is 7.83. The van der Waals surface area contributed by atoms with Crippen molar-refractivity contribution < 1.29 is 9.90 Å². The van der Waals surface area contributed by atoms with Crippen LogP contribution < -0.4 is 5.32 Å². The van der Waals surface area contributed by atoms with Gasteiger partial charge in [-0.3, -0.25) is 4.79 Å². The fraction of sp³-hybridized carbons (Fsp3) is 0.600. The van der Waals surface area contributed by atoms with Crippen LogP contribution in [0.15, 0.2) is 29.4 Å². The fourth-order valence-electron chi connectivity index (χ4n) is 1.88. The van der Waals surface area contributed by atoms with Crippen molar-refractivity contribution in [2.45, 2.75) is 44.7 Å². The number of aromatic nitrogens is 1. The van der Waals surface area contributed by atoms with Gasteiger partial charge in [0.1, 0.15) is 0 Å². The number of nitrogens with one attached hydrogen (secondary N) is 1. The van der Waals surface area contributed by atoms with Crippen molar-refractivity contribution in [3.63, 3.8) is 0 Å². The summed E-state index contributed by atoms with van der Waals surface area (Å²) in [7, 11) is 0. The van der Waals surface area contributed by atoms with E-state index in [0.717, 1.165) is 11.4 Å². The van der Waals surface area contributed by atoms with Crippen molar-refractivity contribution in [3.05, 3.63) is 24.4 Å². The Morgan fingerprint density at radius 3 is 2.75 bits per heavy atom. The number of pyridine rings is 1. The maximum Gasteiger partial charge on any atom is 0.221 e. The Morgan fingerprint density at radius 2 is 2.20 bits per heavy atom. The Balaban J connectivity index is 2.28. The second-order valence-electron chi connectivity index (χ2n) is 5.98. The molecule has 0 aliphatic rings. The van der Waals surface area contributed by atoms with E-state index < -0.39 is 0 Å². The molecule has 0 aromatic carbocycles. The van der Waals surface area contributed by atoms with Gasteiger partial charge in [-0.05, 0) is 24.0 Å². The molecule has 20 heavy (non-hydrogen) atoms. The van der Waals surface area contributed by atoms with Gasteiger partial charge in [0, 0.05) is 18.4 Å². The van der Waals surface area contributed by atoms with Crippen LogP contribution in [0.25, 0.3) is 0 Å². The molecule has 0 aliphatic carbocycles. The number of hydrogen-bond acceptors (Lipinski definition) is 4. The summed E-state index contributed by atoms with van der Waals surface area (Å²) < 4.78 is 0. The molecule has 0 spiro atoms. The standard InChI is InChI=1S/C15H24N2O2S/c1-15(2,3)10-12(11-18)17-13(19)7-9-20-14-6-4-5-8-16-14/h4-6,8,12,18H,7,9-11H2,1-3H3,(H,17,19). The Morgan fingerprint density at radius 1 is 1.45 bits per heavy atom. The lowest BCUT2D eigenvalue weighted by Crippen LogP contribution is -2.40. The molecule has 1 heterocycles. The van der Waals surface area contributed by atoms with Gasteiger partial charge in [0.2, 0.25) is 5.91 Å². The topological polar surface area (TPSA) is 62.2 Å². The zero-order chi connectivity index (χ0) is 15.0. The molecule has 4 nitrogen and oxygen atoms in total. The molecule has 0 saturated heterocycles. The molecule has 0 saturated carbocycles. The number of aliphatic hydroxyl groups is 1. The van der Waals surface area contributed by atoms with E-state index in [4.69, 9.17) is 0 Å². The highest BCUT2D eigenvalue weighted by Gasteiger charge is 2.19. The van der Waals surface area contributed by atoms with Crippen LogP contribution in [0.1, 0.15) is 33.6 Å². The van der Waals surface area contributed by atoms with Crippen LogP contribution in [0.4, 0.5) is 0 Å². The zero-order valence-corrected chi connectivity index (χ0v) is 13.2. The van der Waals surface area contributed by atoms with Gasteiger partial charge in [0.15, 0.2) is 0 Å². The molecular weight excluding hydrogens is 272 g/mol. The fourth-order valence-corrected chi connectivity index (χ4v) is 2.69. The SMILES string of the molecule is CC(C)(C)CC(CO)NC(=O)CCSc1ccccn1. The van der Waals surface area contributed by atoms with E-state index in [0.29, 0.717) is 12.2 Å². The van der Waals surface area contributed by atoms with Gasteiger partial charge < -0.3 is 10.4 Å². The zero-order valence-electron chi connectivity index (χ0n) is 12.4. The van der Waals surface area contributed by atoms with Crippen LogP contribution in [-0.2, 0) is 4.79 Å². The number of amides is 1. The first-order valence-electron chi connectivity index (χ1n) is 6.85. The van der Waals surface area contributed by atoms with E-state index in [1.54, 1.807) is 18.0 Å². The Kier molecular flexibility index (Phi) is 7.02. The second-order valence-corrected chi connectivity index (χ2v) is 7.09. The minimum Gasteiger partial charge on any atom is -0.394 e. The van der Waals surface area contributed by atoms with Gasteiger partial charge in [-0.15, -0.1) is 11.8 Å². The summed E-state index contributed by atoms with van der Waals surface area (Å²) in [5.41, 5.74) is 0.0867. The number of nitrogens with zero attached hydrogens (tertiary/aromatic N) is 1. The Bertz CT molecular complexity index is 404. The van der Waals surface area contributed by atoms with Crippen LogP contribution in [0, 0.1) is 5.41 Å². The molecule has 5 heteroatoms. The average Bonchev–Trinajstić information content (AvgIpc) is 2.37. The molecule has 1 aromatic heterocycles. The van der Waals surface area contributed by atoms with Crippen molar-refractivity contribution >= 4 is 17.7 Å². The van der Waals surface area contributed by atoms with Crippen LogP contribution in [0.5, 0.6) is 0 Å². The lowest BCUT2D eigenvalue weighted by atomic mass is 9.88. The summed E-state index contributed by atoms with van der Waals surface area (Å²) in [4.78, 5) is 16.0. The number of carbonyl (C=O) groups is 1. The van der Waals surface area contributed by atoms with Gasteiger partial charge >= 0.3 is 0 Å². The van der Waals surface area contributed by atoms with Gasteiger partial charge in [0.05, 0.1) is 17.7 Å². The molecule has 0 fully saturated rings. The van der Waals surface area contributed by atoms with Gasteiger partial charge in [-0.25, -0.2) is 4.98 Å². The minimum absolute atomic E-state index is 0.0169. The van der Waals surface area contributed by atoms with E-state index in [9.17, 15) is 9.90 Å². The molecule has 1 unspecified atom stereocenters. The number of aliphatic hydroxyl groups excluding tert-OH is 1. The summed E-state index contributed by atoms with van der Waals surface area (Å²) >= 11 is 1.56. The van der Waals surface area contributed by atoms with E-state index in [-0.39, 0.29) is 24.0 Å². The summed E-state index contributed by atoms with van der Waals surface area (Å²) in [6.45, 7) is 6.27. The maximum absolute atomic E-state index is 11.8. The minimum atomic E-state index is -0.164. The normalized spacial score (nSPS) is 13.0. The molecule has 1 amide bonds. The highest BCUT2D eigenvalue weighted by atomic mass is 32.2. The second kappa shape index (κ2) is 8.27. The quantitative estimate of drug-likeness (QED) is 0.759. The van der Waals surface area contributed by atoms with Crippen molar-refractivity contribution in [3.8, 4) is 0 Å². The number of rotatable bonds is 7. The molecule has 0 aliphatic heterocycles. The molecular formula is C15H24N2O2S. The Hall–Kier alpha value is -1.07. The van der Waals surface area contributed by atoms with Crippen molar-refractivity contribution in [1.29, 1.82) is 0 Å². The third-order valence-corrected chi connectivity index (χ3v) is 3.61. The van der Waals surface area contributed by atoms with Gasteiger partial charge in [-0.1, -0.05) is 26.8 Å². The van der Waals surface area contributed by atoms with Crippen LogP contribution in [0.2, 0.25) is 0 Å². The van der Waals surface area contributed by atoms with E-state index in [2.05, 4.69) is 31.1 Å². The Labute approximate surface area is 125 Å². The summed E-state index contributed by atoms with van der Waals surface area (Å²) in [5.74, 6) is 0.674. The largest absolute Gasteiger partial charge is 0.394 e. The van der Waals surface area contributed by atoms with Gasteiger partial charge in [0.25, 0.3) is 0 Å². The lowest BCUT2D eigenvalue weighted by Gasteiger charge is -2.25. The van der Waals surface area contributed by atoms with Crippen LogP contribution in [-0.4, -0.2) is 34.4 Å². The monoisotopic (exact) mass is 296 g/mol. The van der Waals surface area contributed by atoms with E-state index in [1.807, 2.05) is 18.2 Å². The summed E-state index contributed by atoms with van der Waals surface area (Å²) in [6.07, 6.45) is 2.94. The third kappa shape index (κ3) is 7.50. The van der Waals surface area contributed by atoms with Crippen LogP contribution >= 0.6 is 11.8 Å². The molecule has 0 radical (unpaired) electrons. The van der Waals surface area contributed by atoms with Crippen LogP contribution in [0.3, 0.4) is 0 Å². The van der Waals surface area contributed by atoms with Crippen molar-refractivity contribution in [1.82, 2.24) is 10.3 Å². The van der Waals surface area contributed by atoms with Gasteiger partial charge in [-0.2, -0.15) is 0 Å². The van der Waals surface area contributed by atoms with E-state index >= 15 is 0 Å². The summed E-state index contributed by atoms with van der Waals surface area (Å²) in [5, 5.41) is 13.1. The molecule has 1 aromatic rings. The molecule has 112 valence electrons. The molecule has 1 atom stereocenters. The molecule has 1 rings (SSSR count). The lowest BCUT2D eigenvalue weighted by molar-refractivity contribution is -0.121. The van der Waals surface area contributed by atoms with Crippen molar-refractivity contribution in [2.75, 3.05) is 12.4 Å². The van der Waals surface area contributed by atoms with E-state index in [1.165, 1.54) is 0 Å². The number of hydrogen-bond donors (Lipinski definition) is 2. The maximum atomic E-state index is 11.8. The van der Waals surface area contributed by atoms with Crippen molar-refractivity contribution in [2.24, 2.45) is 5.41 Å². The highest BCUT2D eigenvalue weighted by Crippen LogP contribution is 2.21. The predicted molar refractivity (Wildman–Crippen MR) is 82.7 cm³/mol. The molecule has 0 bridgehead atoms. The average molecular weight is 296 g/mol. The number of thioether (sulfide) groups is 1. The first kappa shape index (κ1) is 17.0. The number of carbonyl (C=O) groups excluding carboxylic acids is 1. The first-order chi connectivity index (χ1) is 9.40. The third-order valence-electron chi connectivity index (χ3n) is 2.66. The highest BCUT2D eigenvalue weighted by molar-refractivity contribution is 7.99.